The van der Waals surface area contributed by atoms with Crippen molar-refractivity contribution in [3.8, 4) is 0 Å². The van der Waals surface area contributed by atoms with E-state index in [1.807, 2.05) is 0 Å². The number of hydrogen-bond donors (Lipinski definition) is 0. The summed E-state index contributed by atoms with van der Waals surface area (Å²) in [4.78, 5) is 0. The highest BCUT2D eigenvalue weighted by Gasteiger charge is 2.58. The maximum absolute atomic E-state index is 12.7. The Morgan fingerprint density at radius 3 is 1.50 bits per heavy atom. The maximum Gasteiger partial charge on any atom is 0.475 e. The zero-order valence-electron chi connectivity index (χ0n) is 9.96. The van der Waals surface area contributed by atoms with Crippen molar-refractivity contribution in [2.45, 2.75) is 12.0 Å². The Balaban J connectivity index is 5.42. The molecule has 0 N–H and O–H groups in total. The molecule has 18 heavy (non-hydrogen) atoms. The van der Waals surface area contributed by atoms with Crippen LogP contribution in [0.25, 0.3) is 0 Å². The number of rotatable bonds is 7. The van der Waals surface area contributed by atoms with E-state index in [1.54, 1.807) is 0 Å². The fraction of sp³-hybridized carbons (Fsp3) is 1.00. The number of alkyl halides is 3. The molecule has 0 amide bonds. The minimum absolute atomic E-state index is 0.733. The first-order chi connectivity index (χ1) is 8.08. The van der Waals surface area contributed by atoms with Crippen LogP contribution in [0.5, 0.6) is 0 Å². The standard InChI is InChI=1S/C6H13F3O7P2/c1-12-17(10,13-2)5(6(7,8)9)16-18(11,14-3)15-4/h5H,1-4H3. The maximum atomic E-state index is 12.7. The normalized spacial score (nSPS) is 15.7. The summed E-state index contributed by atoms with van der Waals surface area (Å²) in [5, 5.41) is 0. The van der Waals surface area contributed by atoms with E-state index in [-0.39, 0.29) is 0 Å². The second kappa shape index (κ2) is 6.47. The first-order valence-corrected chi connectivity index (χ1v) is 7.33. The molecule has 110 valence electrons. The fourth-order valence-electron chi connectivity index (χ4n) is 0.846. The number of hydrogen-bond acceptors (Lipinski definition) is 7. The van der Waals surface area contributed by atoms with E-state index in [1.165, 1.54) is 0 Å². The number of halogens is 3. The van der Waals surface area contributed by atoms with E-state index >= 15 is 0 Å². The summed E-state index contributed by atoms with van der Waals surface area (Å²) < 4.78 is 82.1. The van der Waals surface area contributed by atoms with Gasteiger partial charge in [-0.1, -0.05) is 0 Å². The van der Waals surface area contributed by atoms with E-state index < -0.39 is 27.4 Å². The van der Waals surface area contributed by atoms with Gasteiger partial charge in [-0.3, -0.25) is 18.1 Å². The summed E-state index contributed by atoms with van der Waals surface area (Å²) in [6.45, 7) is 0. The Bertz CT molecular complexity index is 342. The topological polar surface area (TPSA) is 80.3 Å². The summed E-state index contributed by atoms with van der Waals surface area (Å²) in [5.74, 6) is -3.09. The van der Waals surface area contributed by atoms with Gasteiger partial charge in [0.15, 0.2) is 0 Å². The van der Waals surface area contributed by atoms with Crippen molar-refractivity contribution in [1.82, 2.24) is 0 Å². The lowest BCUT2D eigenvalue weighted by Gasteiger charge is -2.27. The molecule has 0 rings (SSSR count). The summed E-state index contributed by atoms with van der Waals surface area (Å²) in [6.07, 6.45) is -5.16. The van der Waals surface area contributed by atoms with Crippen LogP contribution in [0.15, 0.2) is 0 Å². The average Bonchev–Trinajstić information content (AvgIpc) is 2.33. The molecule has 0 aromatic heterocycles. The Morgan fingerprint density at radius 2 is 1.28 bits per heavy atom. The third-order valence-corrected chi connectivity index (χ3v) is 5.27. The molecule has 0 aromatic carbocycles. The van der Waals surface area contributed by atoms with Gasteiger partial charge in [0.05, 0.1) is 0 Å². The second-order valence-corrected chi connectivity index (χ2v) is 6.83. The third-order valence-electron chi connectivity index (χ3n) is 1.75. The lowest BCUT2D eigenvalue weighted by Crippen LogP contribution is -2.32. The van der Waals surface area contributed by atoms with Crippen LogP contribution in [0.1, 0.15) is 0 Å². The van der Waals surface area contributed by atoms with Crippen molar-refractivity contribution >= 4 is 15.4 Å². The molecule has 0 aromatic rings. The zero-order valence-corrected chi connectivity index (χ0v) is 11.8. The highest BCUT2D eigenvalue weighted by molar-refractivity contribution is 7.56. The van der Waals surface area contributed by atoms with Crippen LogP contribution in [-0.2, 0) is 31.7 Å². The second-order valence-electron chi connectivity index (χ2n) is 2.72. The molecule has 0 spiro atoms. The van der Waals surface area contributed by atoms with Gasteiger partial charge in [-0.2, -0.15) is 13.2 Å². The Kier molecular flexibility index (Phi) is 6.49. The van der Waals surface area contributed by atoms with Gasteiger partial charge in [0.1, 0.15) is 0 Å². The molecule has 0 bridgehead atoms. The van der Waals surface area contributed by atoms with Crippen molar-refractivity contribution in [1.29, 1.82) is 0 Å². The van der Waals surface area contributed by atoms with Crippen molar-refractivity contribution in [3.63, 3.8) is 0 Å². The molecule has 1 atom stereocenters. The molecule has 12 heteroatoms. The molecule has 0 heterocycles. The summed E-state index contributed by atoms with van der Waals surface area (Å²) in [5.41, 5.74) is 0. The van der Waals surface area contributed by atoms with Crippen LogP contribution < -0.4 is 0 Å². The molecule has 0 saturated heterocycles. The Labute approximate surface area is 102 Å². The molecule has 7 nitrogen and oxygen atoms in total. The highest BCUT2D eigenvalue weighted by Crippen LogP contribution is 2.63. The van der Waals surface area contributed by atoms with E-state index in [0.29, 0.717) is 0 Å². The van der Waals surface area contributed by atoms with Crippen LogP contribution in [-0.4, -0.2) is 40.5 Å². The van der Waals surface area contributed by atoms with Crippen molar-refractivity contribution < 1.29 is 44.9 Å². The summed E-state index contributed by atoms with van der Waals surface area (Å²) in [6, 6.07) is 0. The van der Waals surface area contributed by atoms with Crippen molar-refractivity contribution in [2.24, 2.45) is 0 Å². The van der Waals surface area contributed by atoms with Gasteiger partial charge < -0.3 is 9.05 Å². The molecule has 0 saturated carbocycles. The number of phosphoric ester groups is 1. The monoisotopic (exact) mass is 316 g/mol. The van der Waals surface area contributed by atoms with Crippen LogP contribution in [0.4, 0.5) is 13.2 Å². The molecule has 0 aliphatic heterocycles. The molecule has 0 aliphatic carbocycles. The van der Waals surface area contributed by atoms with Crippen LogP contribution in [0, 0.1) is 0 Å². The predicted octanol–water partition coefficient (Wildman–Crippen LogP) is 2.78. The molecular formula is C6H13F3O7P2. The van der Waals surface area contributed by atoms with Crippen molar-refractivity contribution in [3.05, 3.63) is 0 Å². The quantitative estimate of drug-likeness (QED) is 0.668. The lowest BCUT2D eigenvalue weighted by molar-refractivity contribution is -0.179. The molecule has 0 aliphatic rings. The van der Waals surface area contributed by atoms with Gasteiger partial charge >= 0.3 is 21.6 Å². The van der Waals surface area contributed by atoms with Gasteiger partial charge in [-0.15, -0.1) is 0 Å². The largest absolute Gasteiger partial charge is 0.475 e. The van der Waals surface area contributed by atoms with Gasteiger partial charge in [0, 0.05) is 28.4 Å². The highest BCUT2D eigenvalue weighted by atomic mass is 31.2. The average molecular weight is 316 g/mol. The van der Waals surface area contributed by atoms with E-state index in [2.05, 4.69) is 22.6 Å². The number of phosphoric acid groups is 1. The fourth-order valence-corrected chi connectivity index (χ4v) is 3.23. The minimum atomic E-state index is -5.16. The summed E-state index contributed by atoms with van der Waals surface area (Å²) >= 11 is 0. The third kappa shape index (κ3) is 4.31. The van der Waals surface area contributed by atoms with Crippen LogP contribution >= 0.6 is 15.4 Å². The van der Waals surface area contributed by atoms with E-state index in [0.717, 1.165) is 28.4 Å². The Morgan fingerprint density at radius 1 is 0.889 bits per heavy atom. The lowest BCUT2D eigenvalue weighted by atomic mass is 10.7. The molecule has 0 radical (unpaired) electrons. The first-order valence-electron chi connectivity index (χ1n) is 4.26. The first kappa shape index (κ1) is 18.0. The summed E-state index contributed by atoms with van der Waals surface area (Å²) in [7, 11) is -6.14. The van der Waals surface area contributed by atoms with Gasteiger partial charge in [-0.25, -0.2) is 4.57 Å². The van der Waals surface area contributed by atoms with Crippen LogP contribution in [0.3, 0.4) is 0 Å². The predicted molar refractivity (Wildman–Crippen MR) is 54.2 cm³/mol. The van der Waals surface area contributed by atoms with Crippen molar-refractivity contribution in [2.75, 3.05) is 28.4 Å². The smallest absolute Gasteiger partial charge is 0.310 e. The van der Waals surface area contributed by atoms with Crippen LogP contribution in [0.2, 0.25) is 0 Å². The van der Waals surface area contributed by atoms with E-state index in [9.17, 15) is 22.3 Å². The van der Waals surface area contributed by atoms with E-state index in [4.69, 9.17) is 0 Å². The van der Waals surface area contributed by atoms with Gasteiger partial charge in [-0.05, 0) is 0 Å². The van der Waals surface area contributed by atoms with Gasteiger partial charge in [0.2, 0.25) is 0 Å². The SMILES string of the molecule is COP(=O)(OC)OC(C(F)(F)F)P(=O)(OC)OC. The molecular weight excluding hydrogens is 303 g/mol. The molecule has 0 fully saturated rings. The molecule has 1 unspecified atom stereocenters. The minimum Gasteiger partial charge on any atom is -0.310 e. The Hall–Kier alpha value is 0.0500. The zero-order chi connectivity index (χ0) is 14.6. The van der Waals surface area contributed by atoms with Gasteiger partial charge in [0.25, 0.3) is 5.85 Å².